The lowest BCUT2D eigenvalue weighted by Gasteiger charge is -2.34. The van der Waals surface area contributed by atoms with Crippen LogP contribution in [0.5, 0.6) is 0 Å². The molecule has 3 rings (SSSR count). The van der Waals surface area contributed by atoms with Crippen molar-refractivity contribution in [2.75, 3.05) is 0 Å². The molecule has 0 bridgehead atoms. The maximum absolute atomic E-state index is 10.4. The molecule has 20 heavy (non-hydrogen) atoms. The van der Waals surface area contributed by atoms with Crippen molar-refractivity contribution in [3.8, 4) is 0 Å². The van der Waals surface area contributed by atoms with E-state index in [0.717, 1.165) is 31.2 Å². The largest absolute Gasteiger partial charge is 0.388 e. The summed E-state index contributed by atoms with van der Waals surface area (Å²) in [5.74, 6) is 1.73. The maximum Gasteiger partial charge on any atom is 0.0812 e. The number of aliphatic hydroxyl groups excluding tert-OH is 1. The first-order valence-corrected chi connectivity index (χ1v) is 8.23. The fourth-order valence-electron chi connectivity index (χ4n) is 4.40. The molecule has 1 heterocycles. The molecule has 2 nitrogen and oxygen atoms in total. The number of aryl methyl sites for hydroxylation is 1. The van der Waals surface area contributed by atoms with Gasteiger partial charge in [0.2, 0.25) is 0 Å². The Morgan fingerprint density at radius 3 is 2.75 bits per heavy atom. The third kappa shape index (κ3) is 2.55. The summed E-state index contributed by atoms with van der Waals surface area (Å²) in [6.07, 6.45) is 5.87. The van der Waals surface area contributed by atoms with Gasteiger partial charge in [0.15, 0.2) is 0 Å². The van der Waals surface area contributed by atoms with Crippen molar-refractivity contribution in [2.45, 2.75) is 72.4 Å². The van der Waals surface area contributed by atoms with Crippen molar-refractivity contribution >= 4 is 0 Å². The number of aliphatic hydroxyl groups is 1. The van der Waals surface area contributed by atoms with Crippen LogP contribution in [-0.4, -0.2) is 9.67 Å². The van der Waals surface area contributed by atoms with Crippen molar-refractivity contribution in [1.82, 2.24) is 4.57 Å². The molecule has 2 aliphatic rings. The van der Waals surface area contributed by atoms with E-state index in [4.69, 9.17) is 0 Å². The smallest absolute Gasteiger partial charge is 0.0812 e. The Morgan fingerprint density at radius 1 is 1.35 bits per heavy atom. The highest BCUT2D eigenvalue weighted by molar-refractivity contribution is 5.33. The van der Waals surface area contributed by atoms with E-state index in [1.165, 1.54) is 36.2 Å². The van der Waals surface area contributed by atoms with E-state index >= 15 is 0 Å². The van der Waals surface area contributed by atoms with Crippen LogP contribution < -0.4 is 0 Å². The van der Waals surface area contributed by atoms with E-state index in [-0.39, 0.29) is 11.5 Å². The van der Waals surface area contributed by atoms with Crippen LogP contribution in [0.4, 0.5) is 0 Å². The summed E-state index contributed by atoms with van der Waals surface area (Å²) in [6, 6.07) is 2.23. The molecule has 1 saturated carbocycles. The molecule has 0 saturated heterocycles. The minimum absolute atomic E-state index is 0.220. The number of hydrogen-bond donors (Lipinski definition) is 1. The van der Waals surface area contributed by atoms with Crippen LogP contribution >= 0.6 is 0 Å². The van der Waals surface area contributed by atoms with Gasteiger partial charge in [-0.3, -0.25) is 0 Å². The zero-order valence-corrected chi connectivity index (χ0v) is 13.4. The molecule has 2 aliphatic carbocycles. The minimum atomic E-state index is -0.267. The van der Waals surface area contributed by atoms with Crippen LogP contribution in [0.3, 0.4) is 0 Å². The summed E-state index contributed by atoms with van der Waals surface area (Å²) in [6.45, 7) is 10.3. The van der Waals surface area contributed by atoms with Gasteiger partial charge in [-0.15, -0.1) is 0 Å². The zero-order chi connectivity index (χ0) is 14.5. The SMILES string of the molecule is Cc1cc2c(n1CC1CCC(C)C1)CC(C)(C)CC2O. The molecule has 1 aromatic rings. The number of nitrogens with zero attached hydrogens (tertiary/aromatic N) is 1. The van der Waals surface area contributed by atoms with Crippen LogP contribution in [0.15, 0.2) is 6.07 Å². The van der Waals surface area contributed by atoms with Crippen LogP contribution in [0.2, 0.25) is 0 Å². The molecule has 0 aromatic carbocycles. The predicted molar refractivity (Wildman–Crippen MR) is 82.7 cm³/mol. The van der Waals surface area contributed by atoms with E-state index < -0.39 is 0 Å². The first-order chi connectivity index (χ1) is 9.35. The Kier molecular flexibility index (Phi) is 3.48. The highest BCUT2D eigenvalue weighted by Gasteiger charge is 2.34. The van der Waals surface area contributed by atoms with Gasteiger partial charge in [-0.2, -0.15) is 0 Å². The number of hydrogen-bond acceptors (Lipinski definition) is 1. The third-order valence-corrected chi connectivity index (χ3v) is 5.44. The summed E-state index contributed by atoms with van der Waals surface area (Å²) >= 11 is 0. The molecule has 1 aromatic heterocycles. The lowest BCUT2D eigenvalue weighted by atomic mass is 9.75. The number of aromatic nitrogens is 1. The molecule has 3 atom stereocenters. The summed E-state index contributed by atoms with van der Waals surface area (Å²) in [5.41, 5.74) is 4.17. The Labute approximate surface area is 123 Å². The Hall–Kier alpha value is -0.760. The van der Waals surface area contributed by atoms with Gasteiger partial charge in [-0.1, -0.05) is 27.2 Å². The van der Waals surface area contributed by atoms with Crippen LogP contribution in [0.1, 0.15) is 69.5 Å². The molecule has 2 heteroatoms. The Balaban J connectivity index is 1.88. The van der Waals surface area contributed by atoms with Gasteiger partial charge < -0.3 is 9.67 Å². The maximum atomic E-state index is 10.4. The van der Waals surface area contributed by atoms with Crippen LogP contribution in [0.25, 0.3) is 0 Å². The van der Waals surface area contributed by atoms with Gasteiger partial charge in [0.05, 0.1) is 6.10 Å². The minimum Gasteiger partial charge on any atom is -0.388 e. The summed E-state index contributed by atoms with van der Waals surface area (Å²) in [7, 11) is 0. The van der Waals surface area contributed by atoms with Gasteiger partial charge >= 0.3 is 0 Å². The van der Waals surface area contributed by atoms with Crippen molar-refractivity contribution < 1.29 is 5.11 Å². The van der Waals surface area contributed by atoms with E-state index in [2.05, 4.69) is 38.3 Å². The first kappa shape index (κ1) is 14.2. The summed E-state index contributed by atoms with van der Waals surface area (Å²) in [4.78, 5) is 0. The van der Waals surface area contributed by atoms with Gasteiger partial charge in [-0.25, -0.2) is 0 Å². The number of rotatable bonds is 2. The summed E-state index contributed by atoms with van der Waals surface area (Å²) in [5, 5.41) is 10.4. The lowest BCUT2D eigenvalue weighted by molar-refractivity contribution is 0.0976. The number of fused-ring (bicyclic) bond motifs is 1. The normalized spacial score (nSPS) is 32.4. The van der Waals surface area contributed by atoms with Crippen molar-refractivity contribution in [1.29, 1.82) is 0 Å². The van der Waals surface area contributed by atoms with Crippen molar-refractivity contribution in [3.63, 3.8) is 0 Å². The predicted octanol–water partition coefficient (Wildman–Crippen LogP) is 4.24. The molecule has 1 fully saturated rings. The summed E-state index contributed by atoms with van der Waals surface area (Å²) < 4.78 is 2.52. The van der Waals surface area contributed by atoms with Gasteiger partial charge in [0.1, 0.15) is 0 Å². The molecule has 3 unspecified atom stereocenters. The third-order valence-electron chi connectivity index (χ3n) is 5.44. The highest BCUT2D eigenvalue weighted by atomic mass is 16.3. The van der Waals surface area contributed by atoms with E-state index in [0.29, 0.717) is 0 Å². The standard InChI is InChI=1S/C18H29NO/c1-12-5-6-14(7-12)11-19-13(2)8-15-16(19)9-18(3,4)10-17(15)20/h8,12,14,17,20H,5-7,9-11H2,1-4H3. The quantitative estimate of drug-likeness (QED) is 0.858. The average Bonchev–Trinajstić information content (AvgIpc) is 2.86. The monoisotopic (exact) mass is 275 g/mol. The molecular formula is C18H29NO. The zero-order valence-electron chi connectivity index (χ0n) is 13.4. The Morgan fingerprint density at radius 2 is 2.10 bits per heavy atom. The van der Waals surface area contributed by atoms with Crippen molar-refractivity contribution in [2.24, 2.45) is 17.3 Å². The van der Waals surface area contributed by atoms with E-state index in [1.54, 1.807) is 0 Å². The second-order valence-electron chi connectivity index (χ2n) is 8.14. The molecule has 0 spiro atoms. The van der Waals surface area contributed by atoms with Crippen molar-refractivity contribution in [3.05, 3.63) is 23.0 Å². The fraction of sp³-hybridized carbons (Fsp3) is 0.778. The fourth-order valence-corrected chi connectivity index (χ4v) is 4.40. The van der Waals surface area contributed by atoms with Gasteiger partial charge in [0.25, 0.3) is 0 Å². The van der Waals surface area contributed by atoms with Gasteiger partial charge in [0, 0.05) is 23.5 Å². The van der Waals surface area contributed by atoms with E-state index in [1.807, 2.05) is 0 Å². The highest BCUT2D eigenvalue weighted by Crippen LogP contribution is 2.42. The molecule has 0 aliphatic heterocycles. The Bertz CT molecular complexity index is 500. The molecular weight excluding hydrogens is 246 g/mol. The molecule has 0 amide bonds. The second-order valence-corrected chi connectivity index (χ2v) is 8.14. The first-order valence-electron chi connectivity index (χ1n) is 8.23. The lowest BCUT2D eigenvalue weighted by Crippen LogP contribution is -2.27. The average molecular weight is 275 g/mol. The van der Waals surface area contributed by atoms with E-state index in [9.17, 15) is 5.11 Å². The molecule has 0 radical (unpaired) electrons. The second kappa shape index (κ2) is 4.91. The van der Waals surface area contributed by atoms with Gasteiger partial charge in [-0.05, 0) is 55.9 Å². The topological polar surface area (TPSA) is 25.2 Å². The van der Waals surface area contributed by atoms with Crippen LogP contribution in [0, 0.1) is 24.2 Å². The molecule has 1 N–H and O–H groups in total. The van der Waals surface area contributed by atoms with Crippen LogP contribution in [-0.2, 0) is 13.0 Å². The molecule has 112 valence electrons.